The van der Waals surface area contributed by atoms with Crippen LogP contribution >= 0.6 is 0 Å². The Morgan fingerprint density at radius 2 is 2.00 bits per heavy atom. The number of nitrogens with two attached hydrogens (primary N) is 1. The second-order valence-electron chi connectivity index (χ2n) is 2.94. The molecule has 0 spiro atoms. The van der Waals surface area contributed by atoms with Crippen LogP contribution in [0.4, 0.5) is 25.1 Å². The van der Waals surface area contributed by atoms with E-state index in [1.54, 1.807) is 14.1 Å². The fourth-order valence-corrected chi connectivity index (χ4v) is 0.817. The molecule has 0 radical (unpaired) electrons. The largest absolute Gasteiger partial charge is 0.408 e. The topological polar surface area (TPSA) is 60.0 Å². The molecule has 80 valence electrons. The minimum atomic E-state index is -4.34. The highest BCUT2D eigenvalue weighted by molar-refractivity contribution is 5.32. The molecule has 2 N–H and O–H groups in total. The van der Waals surface area contributed by atoms with Gasteiger partial charge in [0.1, 0.15) is 6.54 Å². The smallest absolute Gasteiger partial charge is 0.368 e. The fraction of sp³-hybridized carbons (Fsp3) is 0.667. The summed E-state index contributed by atoms with van der Waals surface area (Å²) in [7, 11) is 3.24. The van der Waals surface area contributed by atoms with Crippen molar-refractivity contribution in [2.75, 3.05) is 24.7 Å². The minimum Gasteiger partial charge on any atom is -0.368 e. The van der Waals surface area contributed by atoms with Crippen LogP contribution in [0.5, 0.6) is 0 Å². The Labute approximate surface area is 78.3 Å². The number of halogens is 3. The number of nitrogen functional groups attached to an aromatic ring is 1. The number of rotatable bonds is 2. The molecular weight excluding hydrogens is 199 g/mol. The van der Waals surface area contributed by atoms with Crippen LogP contribution in [0.1, 0.15) is 0 Å². The maximum Gasteiger partial charge on any atom is 0.408 e. The average molecular weight is 209 g/mol. The lowest BCUT2D eigenvalue weighted by atomic mass is 10.6. The number of hydrogen-bond acceptors (Lipinski definition) is 4. The summed E-state index contributed by atoms with van der Waals surface area (Å²) in [5, 5.41) is 3.58. The van der Waals surface area contributed by atoms with E-state index in [0.717, 1.165) is 0 Å². The van der Waals surface area contributed by atoms with E-state index in [4.69, 9.17) is 5.73 Å². The third-order valence-electron chi connectivity index (χ3n) is 1.42. The van der Waals surface area contributed by atoms with Crippen molar-refractivity contribution in [3.05, 3.63) is 0 Å². The predicted octanol–water partition coefficient (Wildman–Crippen LogP) is 0.489. The molecule has 0 amide bonds. The van der Waals surface area contributed by atoms with Crippen LogP contribution in [0, 0.1) is 0 Å². The van der Waals surface area contributed by atoms with E-state index in [2.05, 4.69) is 10.1 Å². The van der Waals surface area contributed by atoms with Gasteiger partial charge in [-0.3, -0.25) is 0 Å². The van der Waals surface area contributed by atoms with E-state index in [1.807, 2.05) is 0 Å². The quantitative estimate of drug-likeness (QED) is 0.770. The molecule has 0 unspecified atom stereocenters. The van der Waals surface area contributed by atoms with Gasteiger partial charge in [-0.1, -0.05) is 0 Å². The van der Waals surface area contributed by atoms with E-state index in [1.165, 1.54) is 4.90 Å². The highest BCUT2D eigenvalue weighted by atomic mass is 19.4. The first-order valence-electron chi connectivity index (χ1n) is 3.74. The van der Waals surface area contributed by atoms with Crippen molar-refractivity contribution in [2.45, 2.75) is 12.7 Å². The van der Waals surface area contributed by atoms with Crippen molar-refractivity contribution in [3.8, 4) is 0 Å². The zero-order valence-electron chi connectivity index (χ0n) is 7.71. The van der Waals surface area contributed by atoms with Gasteiger partial charge >= 0.3 is 6.18 Å². The van der Waals surface area contributed by atoms with Crippen molar-refractivity contribution in [2.24, 2.45) is 0 Å². The molecule has 8 heteroatoms. The molecule has 1 aromatic heterocycles. The van der Waals surface area contributed by atoms with E-state index in [9.17, 15) is 13.2 Å². The summed E-state index contributed by atoms with van der Waals surface area (Å²) in [6, 6.07) is 0. The summed E-state index contributed by atoms with van der Waals surface area (Å²) in [4.78, 5) is 5.13. The van der Waals surface area contributed by atoms with Crippen LogP contribution in [-0.2, 0) is 6.54 Å². The molecule has 0 aliphatic rings. The van der Waals surface area contributed by atoms with Gasteiger partial charge < -0.3 is 10.6 Å². The molecule has 14 heavy (non-hydrogen) atoms. The van der Waals surface area contributed by atoms with Crippen molar-refractivity contribution in [1.29, 1.82) is 0 Å². The van der Waals surface area contributed by atoms with E-state index >= 15 is 0 Å². The summed E-state index contributed by atoms with van der Waals surface area (Å²) >= 11 is 0. The van der Waals surface area contributed by atoms with E-state index in [0.29, 0.717) is 4.68 Å². The molecule has 0 fully saturated rings. The van der Waals surface area contributed by atoms with Gasteiger partial charge in [0, 0.05) is 14.1 Å². The second kappa shape index (κ2) is 3.35. The van der Waals surface area contributed by atoms with Gasteiger partial charge in [-0.05, 0) is 0 Å². The van der Waals surface area contributed by atoms with Gasteiger partial charge in [-0.2, -0.15) is 18.2 Å². The average Bonchev–Trinajstić information content (AvgIpc) is 2.29. The Morgan fingerprint density at radius 1 is 1.43 bits per heavy atom. The highest BCUT2D eigenvalue weighted by Crippen LogP contribution is 2.19. The number of hydrogen-bond donors (Lipinski definition) is 1. The summed E-state index contributed by atoms with van der Waals surface area (Å²) in [5.41, 5.74) is 5.25. The second-order valence-corrected chi connectivity index (χ2v) is 2.94. The Bertz CT molecular complexity index is 316. The SMILES string of the molecule is CN(C)c1nc(N)n(CC(F)(F)F)n1. The third-order valence-corrected chi connectivity index (χ3v) is 1.42. The lowest BCUT2D eigenvalue weighted by Gasteiger charge is -2.06. The molecule has 0 aliphatic carbocycles. The van der Waals surface area contributed by atoms with Crippen molar-refractivity contribution in [1.82, 2.24) is 14.8 Å². The molecule has 0 aromatic carbocycles. The summed E-state index contributed by atoms with van der Waals surface area (Å²) in [5.74, 6) is -0.0854. The monoisotopic (exact) mass is 209 g/mol. The molecule has 0 atom stereocenters. The van der Waals surface area contributed by atoms with Crippen molar-refractivity contribution < 1.29 is 13.2 Å². The normalized spacial score (nSPS) is 11.8. The summed E-state index contributed by atoms with van der Waals surface area (Å²) in [6.45, 7) is -1.22. The minimum absolute atomic E-state index is 0.159. The number of anilines is 2. The zero-order valence-corrected chi connectivity index (χ0v) is 7.71. The fourth-order valence-electron chi connectivity index (χ4n) is 0.817. The Balaban J connectivity index is 2.88. The third kappa shape index (κ3) is 2.51. The van der Waals surface area contributed by atoms with Crippen molar-refractivity contribution >= 4 is 11.9 Å². The van der Waals surface area contributed by atoms with Gasteiger partial charge in [-0.25, -0.2) is 4.68 Å². The van der Waals surface area contributed by atoms with Crippen LogP contribution in [0.3, 0.4) is 0 Å². The molecule has 0 aliphatic heterocycles. The first kappa shape index (κ1) is 10.6. The van der Waals surface area contributed by atoms with Gasteiger partial charge in [0.2, 0.25) is 11.9 Å². The van der Waals surface area contributed by atoms with E-state index in [-0.39, 0.29) is 11.9 Å². The Kier molecular flexibility index (Phi) is 2.54. The first-order valence-corrected chi connectivity index (χ1v) is 3.74. The highest BCUT2D eigenvalue weighted by Gasteiger charge is 2.30. The zero-order chi connectivity index (χ0) is 10.9. The predicted molar refractivity (Wildman–Crippen MR) is 44.8 cm³/mol. The Hall–Kier alpha value is -1.47. The molecule has 1 rings (SSSR count). The van der Waals surface area contributed by atoms with Crippen LogP contribution in [0.15, 0.2) is 0 Å². The van der Waals surface area contributed by atoms with Crippen molar-refractivity contribution in [3.63, 3.8) is 0 Å². The van der Waals surface area contributed by atoms with Gasteiger partial charge in [0.05, 0.1) is 0 Å². The van der Waals surface area contributed by atoms with Gasteiger partial charge in [0.15, 0.2) is 0 Å². The molecule has 5 nitrogen and oxygen atoms in total. The molecule has 1 aromatic rings. The number of alkyl halides is 3. The lowest BCUT2D eigenvalue weighted by molar-refractivity contribution is -0.142. The molecule has 1 heterocycles. The molecule has 0 saturated heterocycles. The summed E-state index contributed by atoms with van der Waals surface area (Å²) < 4.78 is 36.5. The van der Waals surface area contributed by atoms with Crippen LogP contribution < -0.4 is 10.6 Å². The maximum absolute atomic E-state index is 12.0. The van der Waals surface area contributed by atoms with E-state index < -0.39 is 12.7 Å². The number of aromatic nitrogens is 3. The number of nitrogens with zero attached hydrogens (tertiary/aromatic N) is 4. The molecule has 0 saturated carbocycles. The Morgan fingerprint density at radius 3 is 2.36 bits per heavy atom. The first-order chi connectivity index (χ1) is 6.29. The van der Waals surface area contributed by atoms with Crippen LogP contribution in [0.25, 0.3) is 0 Å². The van der Waals surface area contributed by atoms with Gasteiger partial charge in [0.25, 0.3) is 0 Å². The summed E-state index contributed by atoms with van der Waals surface area (Å²) in [6.07, 6.45) is -4.34. The molecular formula is C6H10F3N5. The standard InChI is InChI=1S/C6H10F3N5/c1-13(2)5-11-4(10)14(12-5)3-6(7,8)9/h3H2,1-2H3,(H2,10,11,12). The van der Waals surface area contributed by atoms with Crippen LogP contribution in [0.2, 0.25) is 0 Å². The molecule has 0 bridgehead atoms. The van der Waals surface area contributed by atoms with Crippen LogP contribution in [-0.4, -0.2) is 35.0 Å². The maximum atomic E-state index is 12.0. The lowest BCUT2D eigenvalue weighted by Crippen LogP contribution is -2.20. The van der Waals surface area contributed by atoms with Gasteiger partial charge in [-0.15, -0.1) is 5.10 Å².